The maximum atomic E-state index is 5.99. The van der Waals surface area contributed by atoms with Gasteiger partial charge in [-0.3, -0.25) is 0 Å². The van der Waals surface area contributed by atoms with E-state index in [1.165, 1.54) is 10.5 Å². The highest BCUT2D eigenvalue weighted by atomic mass is 79.9. The monoisotopic (exact) mass is 321 g/mol. The van der Waals surface area contributed by atoms with Crippen LogP contribution in [0.5, 0.6) is 0 Å². The van der Waals surface area contributed by atoms with Crippen molar-refractivity contribution in [1.82, 2.24) is 5.32 Å². The summed E-state index contributed by atoms with van der Waals surface area (Å²) >= 11 is 11.0. The van der Waals surface area contributed by atoms with Crippen molar-refractivity contribution < 1.29 is 0 Å². The standard InChI is InChI=1S/C12H17BrClNS/c1-8(2)6-15-7-9(3)4-10-5-11(13)12(14)16-10/h4-5,8,15H,6-7H2,1-3H3. The third kappa shape index (κ3) is 5.00. The number of nitrogens with one attached hydrogen (secondary N) is 1. The van der Waals surface area contributed by atoms with Gasteiger partial charge >= 0.3 is 0 Å². The van der Waals surface area contributed by atoms with Crippen molar-refractivity contribution in [3.8, 4) is 0 Å². The van der Waals surface area contributed by atoms with E-state index in [1.807, 2.05) is 0 Å². The van der Waals surface area contributed by atoms with Gasteiger partial charge < -0.3 is 5.32 Å². The van der Waals surface area contributed by atoms with Gasteiger partial charge in [-0.1, -0.05) is 31.0 Å². The molecule has 0 aliphatic heterocycles. The fraction of sp³-hybridized carbons (Fsp3) is 0.500. The fourth-order valence-corrected chi connectivity index (χ4v) is 3.05. The highest BCUT2D eigenvalue weighted by Gasteiger charge is 2.02. The molecular formula is C12H17BrClNS. The van der Waals surface area contributed by atoms with E-state index >= 15 is 0 Å². The topological polar surface area (TPSA) is 12.0 Å². The molecule has 4 heteroatoms. The van der Waals surface area contributed by atoms with E-state index in [0.29, 0.717) is 5.92 Å². The zero-order chi connectivity index (χ0) is 12.1. The molecule has 0 bridgehead atoms. The molecule has 0 aromatic carbocycles. The average molecular weight is 323 g/mol. The Morgan fingerprint density at radius 1 is 1.62 bits per heavy atom. The lowest BCUT2D eigenvalue weighted by molar-refractivity contribution is 0.572. The van der Waals surface area contributed by atoms with E-state index in [1.54, 1.807) is 11.3 Å². The molecule has 1 nitrogen and oxygen atoms in total. The molecule has 0 spiro atoms. The van der Waals surface area contributed by atoms with Gasteiger partial charge in [0, 0.05) is 15.9 Å². The second-order valence-electron chi connectivity index (χ2n) is 4.29. The second kappa shape index (κ2) is 6.80. The number of halogens is 2. The maximum absolute atomic E-state index is 5.99. The van der Waals surface area contributed by atoms with Crippen LogP contribution in [0, 0.1) is 5.92 Å². The van der Waals surface area contributed by atoms with Crippen LogP contribution in [0.4, 0.5) is 0 Å². The van der Waals surface area contributed by atoms with Crippen LogP contribution in [0.2, 0.25) is 4.34 Å². The van der Waals surface area contributed by atoms with Crippen LogP contribution in [0.15, 0.2) is 16.1 Å². The van der Waals surface area contributed by atoms with Crippen LogP contribution in [0.3, 0.4) is 0 Å². The summed E-state index contributed by atoms with van der Waals surface area (Å²) in [6, 6.07) is 2.05. The van der Waals surface area contributed by atoms with E-state index < -0.39 is 0 Å². The van der Waals surface area contributed by atoms with E-state index in [4.69, 9.17) is 11.6 Å². The predicted octanol–water partition coefficient (Wildman–Crippen LogP) is 4.81. The Bertz CT molecular complexity index is 352. The number of rotatable bonds is 5. The molecule has 0 fully saturated rings. The van der Waals surface area contributed by atoms with Crippen molar-refractivity contribution >= 4 is 44.9 Å². The summed E-state index contributed by atoms with van der Waals surface area (Å²) < 4.78 is 1.79. The van der Waals surface area contributed by atoms with Gasteiger partial charge in [0.1, 0.15) is 4.34 Å². The minimum atomic E-state index is 0.693. The first kappa shape index (κ1) is 14.2. The normalized spacial score (nSPS) is 12.5. The summed E-state index contributed by atoms with van der Waals surface area (Å²) in [4.78, 5) is 1.20. The van der Waals surface area contributed by atoms with Crippen LogP contribution in [-0.2, 0) is 0 Å². The minimum absolute atomic E-state index is 0.693. The van der Waals surface area contributed by atoms with E-state index in [0.717, 1.165) is 21.9 Å². The first-order chi connectivity index (χ1) is 7.49. The Labute approximate surface area is 115 Å². The molecule has 0 unspecified atom stereocenters. The van der Waals surface area contributed by atoms with Crippen LogP contribution < -0.4 is 5.32 Å². The zero-order valence-corrected chi connectivity index (χ0v) is 13.0. The van der Waals surface area contributed by atoms with E-state index in [-0.39, 0.29) is 0 Å². The molecule has 1 aromatic heterocycles. The highest BCUT2D eigenvalue weighted by Crippen LogP contribution is 2.32. The molecule has 1 rings (SSSR count). The molecule has 0 aliphatic rings. The number of hydrogen-bond donors (Lipinski definition) is 1. The Morgan fingerprint density at radius 2 is 2.31 bits per heavy atom. The highest BCUT2D eigenvalue weighted by molar-refractivity contribution is 9.10. The van der Waals surface area contributed by atoms with Crippen molar-refractivity contribution in [1.29, 1.82) is 0 Å². The van der Waals surface area contributed by atoms with Gasteiger partial charge in [-0.25, -0.2) is 0 Å². The minimum Gasteiger partial charge on any atom is -0.313 e. The Morgan fingerprint density at radius 3 is 2.81 bits per heavy atom. The first-order valence-corrected chi connectivity index (χ1v) is 7.30. The molecule has 0 radical (unpaired) electrons. The molecule has 0 saturated heterocycles. The van der Waals surface area contributed by atoms with E-state index in [9.17, 15) is 0 Å². The maximum Gasteiger partial charge on any atom is 0.108 e. The van der Waals surface area contributed by atoms with Gasteiger partial charge in [0.25, 0.3) is 0 Å². The largest absolute Gasteiger partial charge is 0.313 e. The summed E-state index contributed by atoms with van der Waals surface area (Å²) in [6.45, 7) is 8.55. The van der Waals surface area contributed by atoms with Crippen LogP contribution in [-0.4, -0.2) is 13.1 Å². The first-order valence-electron chi connectivity index (χ1n) is 5.31. The Kier molecular flexibility index (Phi) is 6.05. The molecule has 90 valence electrons. The predicted molar refractivity (Wildman–Crippen MR) is 78.4 cm³/mol. The molecule has 0 aliphatic carbocycles. The third-order valence-corrected chi connectivity index (χ3v) is 4.43. The van der Waals surface area contributed by atoms with Crippen molar-refractivity contribution in [2.45, 2.75) is 20.8 Å². The fourth-order valence-electron chi connectivity index (χ4n) is 1.29. The molecule has 16 heavy (non-hydrogen) atoms. The third-order valence-electron chi connectivity index (χ3n) is 2.01. The van der Waals surface area contributed by atoms with Crippen LogP contribution >= 0.6 is 38.9 Å². The van der Waals surface area contributed by atoms with Crippen molar-refractivity contribution in [2.24, 2.45) is 5.92 Å². The van der Waals surface area contributed by atoms with Gasteiger partial charge in [0.15, 0.2) is 0 Å². The lowest BCUT2D eigenvalue weighted by Gasteiger charge is -2.06. The average Bonchev–Trinajstić information content (AvgIpc) is 2.44. The smallest absolute Gasteiger partial charge is 0.108 e. The molecular weight excluding hydrogens is 306 g/mol. The molecule has 0 saturated carbocycles. The molecule has 0 amide bonds. The summed E-state index contributed by atoms with van der Waals surface area (Å²) in [5.74, 6) is 0.693. The SMILES string of the molecule is CC(=Cc1cc(Br)c(Cl)s1)CNCC(C)C. The number of thiophene rings is 1. The molecule has 1 aromatic rings. The number of hydrogen-bond acceptors (Lipinski definition) is 2. The molecule has 1 N–H and O–H groups in total. The zero-order valence-electron chi connectivity index (χ0n) is 9.81. The van der Waals surface area contributed by atoms with Gasteiger partial charge in [0.2, 0.25) is 0 Å². The summed E-state index contributed by atoms with van der Waals surface area (Å²) in [5.41, 5.74) is 1.33. The van der Waals surface area contributed by atoms with Crippen molar-refractivity contribution in [2.75, 3.05) is 13.1 Å². The van der Waals surface area contributed by atoms with Gasteiger partial charge in [-0.2, -0.15) is 0 Å². The Balaban J connectivity index is 2.49. The quantitative estimate of drug-likeness (QED) is 0.820. The van der Waals surface area contributed by atoms with Crippen molar-refractivity contribution in [3.05, 3.63) is 25.3 Å². The van der Waals surface area contributed by atoms with Crippen LogP contribution in [0.25, 0.3) is 6.08 Å². The van der Waals surface area contributed by atoms with Crippen molar-refractivity contribution in [3.63, 3.8) is 0 Å². The van der Waals surface area contributed by atoms with Gasteiger partial charge in [-0.05, 0) is 47.5 Å². The summed E-state index contributed by atoms with van der Waals surface area (Å²) in [7, 11) is 0. The lowest BCUT2D eigenvalue weighted by atomic mass is 10.2. The Hall–Kier alpha value is 0.170. The molecule has 1 heterocycles. The van der Waals surface area contributed by atoms with E-state index in [2.05, 4.69) is 54.2 Å². The summed E-state index contributed by atoms with van der Waals surface area (Å²) in [6.07, 6.45) is 2.18. The van der Waals surface area contributed by atoms with Gasteiger partial charge in [0.05, 0.1) is 0 Å². The summed E-state index contributed by atoms with van der Waals surface area (Å²) in [5, 5.41) is 3.42. The molecule has 0 atom stereocenters. The van der Waals surface area contributed by atoms with Gasteiger partial charge in [-0.15, -0.1) is 11.3 Å². The second-order valence-corrected chi connectivity index (χ2v) is 6.83. The lowest BCUT2D eigenvalue weighted by Crippen LogP contribution is -2.21. The van der Waals surface area contributed by atoms with Crippen LogP contribution in [0.1, 0.15) is 25.6 Å².